The minimum absolute atomic E-state index is 0.143. The van der Waals surface area contributed by atoms with Crippen LogP contribution >= 0.6 is 67.8 Å². The predicted molar refractivity (Wildman–Crippen MR) is 159 cm³/mol. The van der Waals surface area contributed by atoms with Gasteiger partial charge in [0, 0.05) is 20.5 Å². The summed E-state index contributed by atoms with van der Waals surface area (Å²) in [6.07, 6.45) is -0.848. The van der Waals surface area contributed by atoms with Crippen molar-refractivity contribution < 1.29 is 38.1 Å². The number of carbonyl (C=O) groups is 3. The summed E-state index contributed by atoms with van der Waals surface area (Å²) in [5.74, 6) is -1.97. The number of hydrogen-bond donors (Lipinski definition) is 4. The highest BCUT2D eigenvalue weighted by atomic mass is 127. The van der Waals surface area contributed by atoms with Crippen LogP contribution in [0.4, 0.5) is 21.0 Å². The van der Waals surface area contributed by atoms with Crippen molar-refractivity contribution in [3.05, 3.63) is 16.3 Å². The molecule has 4 N–H and O–H groups in total. The molecule has 3 rings (SSSR count). The zero-order valence-electron chi connectivity index (χ0n) is 20.9. The summed E-state index contributed by atoms with van der Waals surface area (Å²) in [5.41, 5.74) is 1.79. The zero-order valence-corrected chi connectivity index (χ0v) is 27.4. The molecule has 2 unspecified atom stereocenters. The highest BCUT2D eigenvalue weighted by molar-refractivity contribution is 14.1. The summed E-state index contributed by atoms with van der Waals surface area (Å²) >= 11 is 6.34. The van der Waals surface area contributed by atoms with Crippen LogP contribution in [0.5, 0.6) is 0 Å². The van der Waals surface area contributed by atoms with E-state index in [0.717, 1.165) is 12.7 Å². The Morgan fingerprint density at radius 2 is 1.27 bits per heavy atom. The molecule has 2 heterocycles. The van der Waals surface area contributed by atoms with Gasteiger partial charge in [0.1, 0.15) is 0 Å². The molecular weight excluding hydrogens is 829 g/mol. The van der Waals surface area contributed by atoms with Gasteiger partial charge in [-0.15, -0.1) is 0 Å². The summed E-state index contributed by atoms with van der Waals surface area (Å²) in [5, 5.41) is 11.2. The summed E-state index contributed by atoms with van der Waals surface area (Å²) in [6, 6.07) is -0.994. The molecule has 0 aliphatic carbocycles. The number of anilines is 2. The number of hydrogen-bond acceptors (Lipinski definition) is 8. The number of esters is 1. The fourth-order valence-corrected chi connectivity index (χ4v) is 7.80. The predicted octanol–water partition coefficient (Wildman–Crippen LogP) is 4.07. The maximum Gasteiger partial charge on any atom is 0.321 e. The zero-order chi connectivity index (χ0) is 27.5. The van der Waals surface area contributed by atoms with Crippen LogP contribution in [0.15, 0.2) is 0 Å². The summed E-state index contributed by atoms with van der Waals surface area (Å²) < 4.78 is 29.5. The average Bonchev–Trinajstić information content (AvgIpc) is 3.30. The first-order valence-electron chi connectivity index (χ1n) is 11.3. The van der Waals surface area contributed by atoms with Gasteiger partial charge < -0.3 is 45.0 Å². The average molecular weight is 858 g/mol. The SMILES string of the molecule is CC(=O)OCCc1c(I)c(NC(=O)NC2COC(C)(C)O2)c(I)c(NC(=O)NC2COC(C)(C)O2)c1I. The van der Waals surface area contributed by atoms with Gasteiger partial charge in [-0.05, 0) is 101 Å². The van der Waals surface area contributed by atoms with E-state index in [-0.39, 0.29) is 19.8 Å². The first-order chi connectivity index (χ1) is 17.2. The van der Waals surface area contributed by atoms with E-state index in [0.29, 0.717) is 21.4 Å². The van der Waals surface area contributed by atoms with Crippen molar-refractivity contribution in [2.24, 2.45) is 0 Å². The van der Waals surface area contributed by atoms with Gasteiger partial charge in [0.05, 0.1) is 34.8 Å². The van der Waals surface area contributed by atoms with E-state index in [1.54, 1.807) is 27.7 Å². The number of ether oxygens (including phenoxy) is 5. The Labute approximate surface area is 255 Å². The monoisotopic (exact) mass is 858 g/mol. The largest absolute Gasteiger partial charge is 0.466 e. The molecule has 2 saturated heterocycles. The number of benzene rings is 1. The van der Waals surface area contributed by atoms with Gasteiger partial charge in [0.25, 0.3) is 0 Å². The van der Waals surface area contributed by atoms with Crippen LogP contribution in [-0.4, -0.2) is 61.9 Å². The van der Waals surface area contributed by atoms with E-state index in [4.69, 9.17) is 23.7 Å². The lowest BCUT2D eigenvalue weighted by Gasteiger charge is -2.22. The molecule has 4 amide bonds. The number of nitrogens with one attached hydrogen (secondary N) is 4. The second-order valence-corrected chi connectivity index (χ2v) is 12.3. The fraction of sp³-hybridized carbons (Fsp3) is 0.591. The molecule has 0 saturated carbocycles. The standard InChI is InChI=1S/C22H29I3N4O8/c1-10(30)33-7-6-11-14(23)17(28-19(31)26-12-8-34-21(2,3)36-12)16(25)18(15(11)24)29-20(32)27-13-9-35-22(4,5)37-13/h12-13H,6-9H2,1-5H3,(H2,26,28,31)(H2,27,29,32). The highest BCUT2D eigenvalue weighted by Crippen LogP contribution is 2.39. The Balaban J connectivity index is 1.83. The van der Waals surface area contributed by atoms with E-state index < -0.39 is 42.1 Å². The number of urea groups is 2. The molecule has 37 heavy (non-hydrogen) atoms. The summed E-state index contributed by atoms with van der Waals surface area (Å²) in [6.45, 7) is 8.96. The van der Waals surface area contributed by atoms with Gasteiger partial charge in [-0.3, -0.25) is 4.79 Å². The van der Waals surface area contributed by atoms with E-state index in [1.807, 2.05) is 0 Å². The maximum absolute atomic E-state index is 12.8. The molecule has 2 fully saturated rings. The Hall–Kier alpha value is -0.740. The topological polar surface area (TPSA) is 145 Å². The van der Waals surface area contributed by atoms with E-state index in [2.05, 4.69) is 89.0 Å². The van der Waals surface area contributed by atoms with Crippen molar-refractivity contribution in [1.29, 1.82) is 0 Å². The molecule has 2 aliphatic heterocycles. The van der Waals surface area contributed by atoms with E-state index in [9.17, 15) is 14.4 Å². The van der Waals surface area contributed by atoms with Crippen LogP contribution in [0.3, 0.4) is 0 Å². The van der Waals surface area contributed by atoms with Crippen molar-refractivity contribution in [3.63, 3.8) is 0 Å². The lowest BCUT2D eigenvalue weighted by molar-refractivity contribution is -0.141. The quantitative estimate of drug-likeness (QED) is 0.238. The third-order valence-corrected chi connectivity index (χ3v) is 8.60. The Bertz CT molecular complexity index is 1000. The smallest absolute Gasteiger partial charge is 0.321 e. The molecule has 0 radical (unpaired) electrons. The van der Waals surface area contributed by atoms with Crippen molar-refractivity contribution in [2.75, 3.05) is 30.5 Å². The molecular formula is C22H29I3N4O8. The van der Waals surface area contributed by atoms with Crippen LogP contribution in [0.2, 0.25) is 0 Å². The molecule has 1 aromatic rings. The molecule has 12 nitrogen and oxygen atoms in total. The fourth-order valence-electron chi connectivity index (χ4n) is 3.56. The van der Waals surface area contributed by atoms with Crippen molar-refractivity contribution in [3.8, 4) is 0 Å². The Kier molecular flexibility index (Phi) is 10.5. The van der Waals surface area contributed by atoms with Gasteiger partial charge in [-0.1, -0.05) is 0 Å². The van der Waals surface area contributed by atoms with Gasteiger partial charge in [0.2, 0.25) is 0 Å². The normalized spacial score (nSPS) is 21.8. The molecule has 0 aromatic heterocycles. The first kappa shape index (κ1) is 30.8. The Morgan fingerprint density at radius 3 is 1.62 bits per heavy atom. The van der Waals surface area contributed by atoms with E-state index >= 15 is 0 Å². The summed E-state index contributed by atoms with van der Waals surface area (Å²) in [4.78, 5) is 37.0. The third-order valence-electron chi connectivity index (χ3n) is 5.14. The lowest BCUT2D eigenvalue weighted by Crippen LogP contribution is -2.41. The Morgan fingerprint density at radius 1 is 0.838 bits per heavy atom. The van der Waals surface area contributed by atoms with Crippen molar-refractivity contribution in [2.45, 2.75) is 65.1 Å². The minimum atomic E-state index is -0.790. The second kappa shape index (κ2) is 12.6. The minimum Gasteiger partial charge on any atom is -0.466 e. The molecule has 15 heteroatoms. The maximum atomic E-state index is 12.8. The number of carbonyl (C=O) groups excluding carboxylic acids is 3. The molecule has 0 spiro atoms. The highest BCUT2D eigenvalue weighted by Gasteiger charge is 2.35. The molecule has 206 valence electrons. The van der Waals surface area contributed by atoms with Crippen LogP contribution in [0, 0.1) is 10.7 Å². The van der Waals surface area contributed by atoms with Crippen LogP contribution in [-0.2, 0) is 34.9 Å². The number of rotatable bonds is 7. The van der Waals surface area contributed by atoms with Gasteiger partial charge >= 0.3 is 18.0 Å². The summed E-state index contributed by atoms with van der Waals surface area (Å²) in [7, 11) is 0. The number of halogens is 3. The number of amides is 4. The lowest BCUT2D eigenvalue weighted by atomic mass is 10.1. The molecule has 0 bridgehead atoms. The van der Waals surface area contributed by atoms with E-state index in [1.165, 1.54) is 6.92 Å². The molecule has 1 aromatic carbocycles. The van der Waals surface area contributed by atoms with Crippen LogP contribution in [0.25, 0.3) is 0 Å². The second-order valence-electron chi connectivity index (χ2n) is 9.09. The molecule has 2 atom stereocenters. The van der Waals surface area contributed by atoms with Crippen LogP contribution in [0.1, 0.15) is 40.2 Å². The third kappa shape index (κ3) is 8.62. The van der Waals surface area contributed by atoms with Gasteiger partial charge in [-0.2, -0.15) is 0 Å². The van der Waals surface area contributed by atoms with Crippen LogP contribution < -0.4 is 21.3 Å². The van der Waals surface area contributed by atoms with Crippen molar-refractivity contribution >= 4 is 97.2 Å². The van der Waals surface area contributed by atoms with Gasteiger partial charge in [-0.25, -0.2) is 9.59 Å². The first-order valence-corrected chi connectivity index (χ1v) is 14.5. The molecule has 2 aliphatic rings. The van der Waals surface area contributed by atoms with Gasteiger partial charge in [0.15, 0.2) is 24.0 Å². The van der Waals surface area contributed by atoms with Crippen molar-refractivity contribution in [1.82, 2.24) is 10.6 Å².